The molecule has 0 radical (unpaired) electrons. The van der Waals surface area contributed by atoms with Crippen LogP contribution in [0.1, 0.15) is 22.2 Å². The number of nitrogens with zero attached hydrogens (tertiary/aromatic N) is 4. The van der Waals surface area contributed by atoms with Gasteiger partial charge in [0.1, 0.15) is 11.1 Å². The first-order valence-electron chi connectivity index (χ1n) is 8.07. The van der Waals surface area contributed by atoms with Crippen LogP contribution in [-0.2, 0) is 0 Å². The average Bonchev–Trinajstić information content (AvgIpc) is 2.94. The van der Waals surface area contributed by atoms with Gasteiger partial charge in [0, 0.05) is 20.7 Å². The van der Waals surface area contributed by atoms with Crippen LogP contribution in [-0.4, -0.2) is 26.2 Å². The molecular weight excluding hydrogens is 407 g/mol. The summed E-state index contributed by atoms with van der Waals surface area (Å²) >= 11 is 13.5. The van der Waals surface area contributed by atoms with E-state index in [0.29, 0.717) is 26.6 Å². The van der Waals surface area contributed by atoms with E-state index >= 15 is 0 Å². The van der Waals surface area contributed by atoms with Crippen molar-refractivity contribution in [3.8, 4) is 5.69 Å². The van der Waals surface area contributed by atoms with Gasteiger partial charge in [0.2, 0.25) is 6.54 Å². The number of halogens is 2. The van der Waals surface area contributed by atoms with Crippen molar-refractivity contribution in [1.29, 1.82) is 0 Å². The number of hydrogen-bond donors (Lipinski definition) is 0. The van der Waals surface area contributed by atoms with Crippen molar-refractivity contribution in [1.82, 2.24) is 14.8 Å². The summed E-state index contributed by atoms with van der Waals surface area (Å²) in [7, 11) is 0. The fraction of sp³-hybridized carbons (Fsp3) is 0.222. The summed E-state index contributed by atoms with van der Waals surface area (Å²) in [5.41, 5.74) is 2.64. The molecule has 1 atom stereocenters. The van der Waals surface area contributed by atoms with E-state index in [9.17, 15) is 10.1 Å². The fourth-order valence-electron chi connectivity index (χ4n) is 2.71. The lowest BCUT2D eigenvalue weighted by atomic mass is 10.1. The Balaban J connectivity index is 2.01. The van der Waals surface area contributed by atoms with E-state index in [-0.39, 0.29) is 11.5 Å². The minimum Gasteiger partial charge on any atom is -0.274 e. The Kier molecular flexibility index (Phi) is 6.04. The number of aromatic nitrogens is 3. The van der Waals surface area contributed by atoms with Crippen LogP contribution in [0.4, 0.5) is 0 Å². The first kappa shape index (κ1) is 19.7. The zero-order chi connectivity index (χ0) is 19.6. The standard InChI is InChI=1S/C18H16Cl2N4O2S/c1-11-4-3-5-14(8-11)24-12(2)21-22-18(24)27-17(10-23(25)26)15-7-6-13(19)9-16(15)20/h3-9,17H,10H2,1-2H3/t17-/m0/s1. The van der Waals surface area contributed by atoms with Crippen LogP contribution in [0, 0.1) is 24.0 Å². The van der Waals surface area contributed by atoms with Gasteiger partial charge in [-0.15, -0.1) is 10.2 Å². The van der Waals surface area contributed by atoms with Gasteiger partial charge < -0.3 is 0 Å². The van der Waals surface area contributed by atoms with Gasteiger partial charge in [-0.3, -0.25) is 14.7 Å². The smallest absolute Gasteiger partial charge is 0.220 e. The second-order valence-corrected chi connectivity index (χ2v) is 8.01. The number of rotatable bonds is 6. The lowest BCUT2D eigenvalue weighted by molar-refractivity contribution is -0.479. The van der Waals surface area contributed by atoms with Crippen LogP contribution in [0.5, 0.6) is 0 Å². The predicted molar refractivity (Wildman–Crippen MR) is 108 cm³/mol. The summed E-state index contributed by atoms with van der Waals surface area (Å²) in [6.45, 7) is 3.54. The van der Waals surface area contributed by atoms with E-state index in [1.165, 1.54) is 11.8 Å². The molecule has 0 aliphatic carbocycles. The maximum Gasteiger partial charge on any atom is 0.220 e. The van der Waals surface area contributed by atoms with Gasteiger partial charge >= 0.3 is 0 Å². The second-order valence-electron chi connectivity index (χ2n) is 5.99. The first-order chi connectivity index (χ1) is 12.8. The lowest BCUT2D eigenvalue weighted by Gasteiger charge is -2.15. The van der Waals surface area contributed by atoms with Crippen molar-refractivity contribution in [2.24, 2.45) is 0 Å². The summed E-state index contributed by atoms with van der Waals surface area (Å²) in [6, 6.07) is 12.9. The minimum atomic E-state index is -0.531. The highest BCUT2D eigenvalue weighted by atomic mass is 35.5. The number of hydrogen-bond acceptors (Lipinski definition) is 5. The third-order valence-corrected chi connectivity index (χ3v) is 5.65. The quantitative estimate of drug-likeness (QED) is 0.306. The van der Waals surface area contributed by atoms with Crippen molar-refractivity contribution in [2.45, 2.75) is 24.3 Å². The lowest BCUT2D eigenvalue weighted by Crippen LogP contribution is -2.11. The van der Waals surface area contributed by atoms with Gasteiger partial charge in [-0.05, 0) is 49.2 Å². The average molecular weight is 423 g/mol. The predicted octanol–water partition coefficient (Wildman–Crippen LogP) is 5.30. The molecule has 0 bridgehead atoms. The van der Waals surface area contributed by atoms with Crippen LogP contribution in [0.2, 0.25) is 10.0 Å². The molecule has 6 nitrogen and oxygen atoms in total. The molecule has 0 aliphatic heterocycles. The molecule has 27 heavy (non-hydrogen) atoms. The van der Waals surface area contributed by atoms with Crippen molar-refractivity contribution in [3.63, 3.8) is 0 Å². The van der Waals surface area contributed by atoms with Gasteiger partial charge in [0.25, 0.3) is 0 Å². The van der Waals surface area contributed by atoms with Gasteiger partial charge in [0.15, 0.2) is 5.16 Å². The molecule has 0 spiro atoms. The van der Waals surface area contributed by atoms with E-state index in [1.807, 2.05) is 42.7 Å². The monoisotopic (exact) mass is 422 g/mol. The largest absolute Gasteiger partial charge is 0.274 e. The van der Waals surface area contributed by atoms with E-state index < -0.39 is 5.25 Å². The van der Waals surface area contributed by atoms with Gasteiger partial charge in [-0.2, -0.15) is 0 Å². The van der Waals surface area contributed by atoms with Crippen molar-refractivity contribution in [2.75, 3.05) is 6.54 Å². The van der Waals surface area contributed by atoms with E-state index in [4.69, 9.17) is 23.2 Å². The van der Waals surface area contributed by atoms with Crippen LogP contribution in [0.3, 0.4) is 0 Å². The molecule has 0 saturated carbocycles. The molecule has 9 heteroatoms. The molecule has 1 aromatic heterocycles. The maximum atomic E-state index is 11.2. The summed E-state index contributed by atoms with van der Waals surface area (Å²) in [6.07, 6.45) is 0. The molecule has 0 fully saturated rings. The third kappa shape index (κ3) is 4.61. The molecule has 0 aliphatic rings. The summed E-state index contributed by atoms with van der Waals surface area (Å²) in [4.78, 5) is 10.9. The normalized spacial score (nSPS) is 12.1. The summed E-state index contributed by atoms with van der Waals surface area (Å²) in [5, 5.41) is 20.5. The Morgan fingerprint density at radius 3 is 2.63 bits per heavy atom. The Hall–Kier alpha value is -2.09. The fourth-order valence-corrected chi connectivity index (χ4v) is 4.53. The number of aryl methyl sites for hydroxylation is 2. The molecule has 0 amide bonds. The molecule has 0 saturated heterocycles. The number of benzene rings is 2. The molecule has 3 rings (SSSR count). The number of thioether (sulfide) groups is 1. The Morgan fingerprint density at radius 1 is 1.19 bits per heavy atom. The molecule has 2 aromatic carbocycles. The van der Waals surface area contributed by atoms with E-state index in [0.717, 1.165) is 11.3 Å². The highest BCUT2D eigenvalue weighted by Gasteiger charge is 2.25. The molecule has 140 valence electrons. The first-order valence-corrected chi connectivity index (χ1v) is 9.71. The van der Waals surface area contributed by atoms with Crippen LogP contribution in [0.15, 0.2) is 47.6 Å². The molecule has 0 N–H and O–H groups in total. The van der Waals surface area contributed by atoms with E-state index in [2.05, 4.69) is 10.2 Å². The summed E-state index contributed by atoms with van der Waals surface area (Å²) in [5.74, 6) is 0.699. The Morgan fingerprint density at radius 2 is 1.96 bits per heavy atom. The van der Waals surface area contributed by atoms with Crippen LogP contribution in [0.25, 0.3) is 5.69 Å². The number of nitro groups is 1. The van der Waals surface area contributed by atoms with Crippen LogP contribution >= 0.6 is 35.0 Å². The SMILES string of the molecule is Cc1cccc(-n2c(C)nnc2S[C@@H](C[N+](=O)[O-])c2ccc(Cl)cc2Cl)c1. The zero-order valence-corrected chi connectivity index (χ0v) is 16.9. The maximum absolute atomic E-state index is 11.2. The van der Waals surface area contributed by atoms with Crippen molar-refractivity contribution < 1.29 is 4.92 Å². The van der Waals surface area contributed by atoms with Gasteiger partial charge in [-0.1, -0.05) is 53.2 Å². The minimum absolute atomic E-state index is 0.300. The Labute approximate surface area is 170 Å². The highest BCUT2D eigenvalue weighted by molar-refractivity contribution is 7.99. The molecular formula is C18H16Cl2N4O2S. The summed E-state index contributed by atoms with van der Waals surface area (Å²) < 4.78 is 1.88. The molecule has 1 heterocycles. The highest BCUT2D eigenvalue weighted by Crippen LogP contribution is 2.39. The van der Waals surface area contributed by atoms with Gasteiger partial charge in [0.05, 0.1) is 0 Å². The second kappa shape index (κ2) is 8.29. The molecule has 0 unspecified atom stereocenters. The van der Waals surface area contributed by atoms with Crippen molar-refractivity contribution >= 4 is 35.0 Å². The van der Waals surface area contributed by atoms with Crippen molar-refractivity contribution in [3.05, 3.63) is 79.6 Å². The van der Waals surface area contributed by atoms with Gasteiger partial charge in [-0.25, -0.2) is 0 Å². The molecule has 3 aromatic rings. The van der Waals surface area contributed by atoms with E-state index in [1.54, 1.807) is 18.2 Å². The third-order valence-electron chi connectivity index (χ3n) is 3.93. The topological polar surface area (TPSA) is 73.8 Å². The van der Waals surface area contributed by atoms with Crippen LogP contribution < -0.4 is 0 Å². The Bertz CT molecular complexity index is 993. The zero-order valence-electron chi connectivity index (χ0n) is 14.6.